The average molecular weight is 317 g/mol. The van der Waals surface area contributed by atoms with Crippen molar-refractivity contribution in [2.45, 2.75) is 32.9 Å². The van der Waals surface area contributed by atoms with Crippen LogP contribution in [0.15, 0.2) is 48.5 Å². The number of hydrogen-bond acceptors (Lipinski definition) is 2. The maximum Gasteiger partial charge on any atom is 0.241 e. The number of benzene rings is 2. The van der Waals surface area contributed by atoms with E-state index in [1.54, 1.807) is 6.07 Å². The Hall–Kier alpha value is -1.84. The van der Waals surface area contributed by atoms with E-state index >= 15 is 0 Å². The Morgan fingerprint density at radius 3 is 2.45 bits per heavy atom. The van der Waals surface area contributed by atoms with E-state index in [1.807, 2.05) is 63.2 Å². The molecule has 2 aromatic rings. The molecule has 0 aliphatic rings. The minimum atomic E-state index is -0.311. The Kier molecular flexibility index (Phi) is 5.58. The van der Waals surface area contributed by atoms with Gasteiger partial charge in [0.1, 0.15) is 0 Å². The van der Waals surface area contributed by atoms with Crippen molar-refractivity contribution in [3.63, 3.8) is 0 Å². The summed E-state index contributed by atoms with van der Waals surface area (Å²) in [6.45, 7) is 5.84. The first-order chi connectivity index (χ1) is 10.5. The monoisotopic (exact) mass is 316 g/mol. The number of halogens is 1. The van der Waals surface area contributed by atoms with Crippen LogP contribution in [0.3, 0.4) is 0 Å². The number of rotatable bonds is 5. The van der Waals surface area contributed by atoms with Crippen LogP contribution in [0.5, 0.6) is 0 Å². The van der Waals surface area contributed by atoms with Gasteiger partial charge in [0, 0.05) is 16.8 Å². The Balaban J connectivity index is 1.99. The highest BCUT2D eigenvalue weighted by Gasteiger charge is 2.17. The number of aryl methyl sites for hydroxylation is 1. The largest absolute Gasteiger partial charge is 0.324 e. The van der Waals surface area contributed by atoms with E-state index in [-0.39, 0.29) is 18.0 Å². The van der Waals surface area contributed by atoms with Crippen LogP contribution in [0, 0.1) is 6.92 Å². The summed E-state index contributed by atoms with van der Waals surface area (Å²) in [5.74, 6) is -0.0758. The van der Waals surface area contributed by atoms with E-state index in [1.165, 1.54) is 0 Å². The molecule has 0 fully saturated rings. The zero-order chi connectivity index (χ0) is 16.1. The van der Waals surface area contributed by atoms with Gasteiger partial charge in [0.2, 0.25) is 5.91 Å². The van der Waals surface area contributed by atoms with Crippen molar-refractivity contribution >= 4 is 23.2 Å². The van der Waals surface area contributed by atoms with E-state index < -0.39 is 0 Å². The van der Waals surface area contributed by atoms with E-state index in [9.17, 15) is 4.79 Å². The quantitative estimate of drug-likeness (QED) is 0.862. The highest BCUT2D eigenvalue weighted by molar-refractivity contribution is 6.31. The number of anilines is 1. The van der Waals surface area contributed by atoms with Crippen LogP contribution < -0.4 is 10.6 Å². The molecule has 0 radical (unpaired) electrons. The minimum Gasteiger partial charge on any atom is -0.324 e. The summed E-state index contributed by atoms with van der Waals surface area (Å²) in [5, 5.41) is 6.84. The molecule has 0 unspecified atom stereocenters. The molecule has 0 aromatic heterocycles. The van der Waals surface area contributed by atoms with Gasteiger partial charge in [0.05, 0.1) is 6.04 Å². The molecular weight excluding hydrogens is 296 g/mol. The summed E-state index contributed by atoms with van der Waals surface area (Å²) in [7, 11) is 0. The molecule has 2 atom stereocenters. The molecule has 2 rings (SSSR count). The molecule has 1 amide bonds. The van der Waals surface area contributed by atoms with Crippen LogP contribution in [0.4, 0.5) is 5.69 Å². The molecule has 0 saturated carbocycles. The topological polar surface area (TPSA) is 41.1 Å². The number of carbonyl (C=O) groups excluding carboxylic acids is 1. The Bertz CT molecular complexity index is 643. The lowest BCUT2D eigenvalue weighted by molar-refractivity contribution is -0.117. The smallest absolute Gasteiger partial charge is 0.241 e. The summed E-state index contributed by atoms with van der Waals surface area (Å²) in [6, 6.07) is 15.3. The van der Waals surface area contributed by atoms with Crippen molar-refractivity contribution < 1.29 is 4.79 Å². The number of hydrogen-bond donors (Lipinski definition) is 2. The van der Waals surface area contributed by atoms with Gasteiger partial charge in [0.15, 0.2) is 0 Å². The molecule has 0 spiro atoms. The standard InChI is InChI=1S/C18H21ClN2O/c1-12-9-10-16(19)11-17(12)21-18(22)14(3)20-13(2)15-7-5-4-6-8-15/h4-11,13-14,20H,1-3H3,(H,21,22)/t13-,14-/m1/s1. The van der Waals surface area contributed by atoms with Gasteiger partial charge < -0.3 is 5.32 Å². The van der Waals surface area contributed by atoms with Gasteiger partial charge in [0.25, 0.3) is 0 Å². The Morgan fingerprint density at radius 2 is 1.77 bits per heavy atom. The van der Waals surface area contributed by atoms with E-state index in [0.717, 1.165) is 16.8 Å². The van der Waals surface area contributed by atoms with Crippen LogP contribution >= 0.6 is 11.6 Å². The second-order valence-corrected chi connectivity index (χ2v) is 5.91. The van der Waals surface area contributed by atoms with Gasteiger partial charge in [-0.15, -0.1) is 0 Å². The summed E-state index contributed by atoms with van der Waals surface area (Å²) in [4.78, 5) is 12.3. The molecule has 2 N–H and O–H groups in total. The lowest BCUT2D eigenvalue weighted by Gasteiger charge is -2.20. The lowest BCUT2D eigenvalue weighted by Crippen LogP contribution is -2.39. The molecule has 0 saturated heterocycles. The van der Waals surface area contributed by atoms with Crippen molar-refractivity contribution in [2.75, 3.05) is 5.32 Å². The van der Waals surface area contributed by atoms with Crippen molar-refractivity contribution in [3.05, 3.63) is 64.7 Å². The third-order valence-electron chi connectivity index (χ3n) is 3.65. The van der Waals surface area contributed by atoms with Gasteiger partial charge in [-0.25, -0.2) is 0 Å². The molecule has 4 heteroatoms. The fraction of sp³-hybridized carbons (Fsp3) is 0.278. The van der Waals surface area contributed by atoms with E-state index in [2.05, 4.69) is 10.6 Å². The van der Waals surface area contributed by atoms with Crippen molar-refractivity contribution in [2.24, 2.45) is 0 Å². The molecule has 116 valence electrons. The summed E-state index contributed by atoms with van der Waals surface area (Å²) >= 11 is 5.98. The predicted molar refractivity (Wildman–Crippen MR) is 92.3 cm³/mol. The zero-order valence-electron chi connectivity index (χ0n) is 13.1. The van der Waals surface area contributed by atoms with Crippen LogP contribution in [-0.2, 0) is 4.79 Å². The van der Waals surface area contributed by atoms with Gasteiger partial charge in [-0.3, -0.25) is 10.1 Å². The first-order valence-corrected chi connectivity index (χ1v) is 7.73. The Morgan fingerprint density at radius 1 is 1.09 bits per heavy atom. The molecule has 0 aliphatic heterocycles. The second kappa shape index (κ2) is 7.43. The first kappa shape index (κ1) is 16.5. The van der Waals surface area contributed by atoms with Crippen LogP contribution in [-0.4, -0.2) is 11.9 Å². The maximum atomic E-state index is 12.3. The number of carbonyl (C=O) groups is 1. The van der Waals surface area contributed by atoms with E-state index in [0.29, 0.717) is 5.02 Å². The summed E-state index contributed by atoms with van der Waals surface area (Å²) < 4.78 is 0. The molecule has 0 bridgehead atoms. The normalized spacial score (nSPS) is 13.5. The third-order valence-corrected chi connectivity index (χ3v) is 3.89. The molecule has 3 nitrogen and oxygen atoms in total. The predicted octanol–water partition coefficient (Wildman–Crippen LogP) is 4.33. The zero-order valence-corrected chi connectivity index (χ0v) is 13.8. The molecular formula is C18H21ClN2O. The second-order valence-electron chi connectivity index (χ2n) is 5.47. The highest BCUT2D eigenvalue weighted by atomic mass is 35.5. The SMILES string of the molecule is Cc1ccc(Cl)cc1NC(=O)[C@@H](C)N[C@H](C)c1ccccc1. The van der Waals surface area contributed by atoms with Gasteiger partial charge in [-0.05, 0) is 44.0 Å². The van der Waals surface area contributed by atoms with Crippen LogP contribution in [0.25, 0.3) is 0 Å². The lowest BCUT2D eigenvalue weighted by atomic mass is 10.1. The van der Waals surface area contributed by atoms with Crippen LogP contribution in [0.1, 0.15) is 31.0 Å². The molecule has 0 heterocycles. The maximum absolute atomic E-state index is 12.3. The molecule has 22 heavy (non-hydrogen) atoms. The van der Waals surface area contributed by atoms with Crippen molar-refractivity contribution in [1.29, 1.82) is 0 Å². The van der Waals surface area contributed by atoms with Crippen molar-refractivity contribution in [1.82, 2.24) is 5.32 Å². The summed E-state index contributed by atoms with van der Waals surface area (Å²) in [6.07, 6.45) is 0. The number of nitrogens with one attached hydrogen (secondary N) is 2. The molecule has 2 aromatic carbocycles. The van der Waals surface area contributed by atoms with Gasteiger partial charge >= 0.3 is 0 Å². The minimum absolute atomic E-state index is 0.0758. The number of amides is 1. The summed E-state index contributed by atoms with van der Waals surface area (Å²) in [5.41, 5.74) is 2.89. The highest BCUT2D eigenvalue weighted by Crippen LogP contribution is 2.20. The third kappa shape index (κ3) is 4.33. The Labute approximate surface area is 136 Å². The van der Waals surface area contributed by atoms with Crippen molar-refractivity contribution in [3.8, 4) is 0 Å². The fourth-order valence-electron chi connectivity index (χ4n) is 2.26. The van der Waals surface area contributed by atoms with Crippen LogP contribution in [0.2, 0.25) is 5.02 Å². The van der Waals surface area contributed by atoms with E-state index in [4.69, 9.17) is 11.6 Å². The van der Waals surface area contributed by atoms with Gasteiger partial charge in [-0.2, -0.15) is 0 Å². The fourth-order valence-corrected chi connectivity index (χ4v) is 2.43. The first-order valence-electron chi connectivity index (χ1n) is 7.35. The molecule has 0 aliphatic carbocycles. The van der Waals surface area contributed by atoms with Gasteiger partial charge in [-0.1, -0.05) is 48.0 Å². The average Bonchev–Trinajstić information content (AvgIpc) is 2.51.